The fraction of sp³-hybridized carbons (Fsp3) is 0.900. The molecule has 2 fully saturated rings. The van der Waals surface area contributed by atoms with Crippen molar-refractivity contribution >= 4 is 21.9 Å². The van der Waals surface area contributed by atoms with Crippen LogP contribution in [0.3, 0.4) is 0 Å². The first-order valence-electron chi connectivity index (χ1n) is 4.92. The van der Waals surface area contributed by atoms with Crippen LogP contribution in [0.4, 0.5) is 0 Å². The maximum Gasteiger partial charge on any atom is 0.317 e. The number of carbonyl (C=O) groups is 1. The molecule has 2 aliphatic carbocycles. The second kappa shape index (κ2) is 3.26. The maximum atomic E-state index is 11.2. The fourth-order valence-corrected chi connectivity index (χ4v) is 3.08. The molecule has 0 heterocycles. The van der Waals surface area contributed by atoms with Crippen molar-refractivity contribution < 1.29 is 9.53 Å². The van der Waals surface area contributed by atoms with Gasteiger partial charge in [-0.3, -0.25) is 4.79 Å². The zero-order valence-electron chi connectivity index (χ0n) is 7.88. The first kappa shape index (κ1) is 9.50. The van der Waals surface area contributed by atoms with Gasteiger partial charge in [0.2, 0.25) is 0 Å². The minimum atomic E-state index is -0.145. The summed E-state index contributed by atoms with van der Waals surface area (Å²) in [6, 6.07) is 0. The lowest BCUT2D eigenvalue weighted by Crippen LogP contribution is -2.37. The van der Waals surface area contributed by atoms with Gasteiger partial charge < -0.3 is 4.74 Å². The van der Waals surface area contributed by atoms with Crippen molar-refractivity contribution in [2.75, 3.05) is 5.33 Å². The molecule has 0 radical (unpaired) electrons. The van der Waals surface area contributed by atoms with Gasteiger partial charge in [-0.25, -0.2) is 0 Å². The van der Waals surface area contributed by atoms with E-state index in [1.807, 2.05) is 0 Å². The van der Waals surface area contributed by atoms with Gasteiger partial charge in [0.25, 0.3) is 0 Å². The smallest absolute Gasteiger partial charge is 0.317 e. The number of alkyl halides is 1. The van der Waals surface area contributed by atoms with E-state index in [-0.39, 0.29) is 11.6 Å². The second-order valence-corrected chi connectivity index (χ2v) is 5.06. The molecule has 74 valence electrons. The summed E-state index contributed by atoms with van der Waals surface area (Å²) in [4.78, 5) is 11.2. The van der Waals surface area contributed by atoms with Crippen LogP contribution in [-0.4, -0.2) is 16.9 Å². The maximum absolute atomic E-state index is 11.2. The molecule has 0 aromatic heterocycles. The topological polar surface area (TPSA) is 26.3 Å². The molecule has 2 bridgehead atoms. The van der Waals surface area contributed by atoms with Gasteiger partial charge in [-0.2, -0.15) is 0 Å². The first-order valence-corrected chi connectivity index (χ1v) is 6.04. The Morgan fingerprint density at radius 2 is 2.38 bits per heavy atom. The summed E-state index contributed by atoms with van der Waals surface area (Å²) in [6.45, 7) is 2.09. The van der Waals surface area contributed by atoms with Crippen LogP contribution in [0.5, 0.6) is 0 Å². The fourth-order valence-electron chi connectivity index (χ4n) is 2.97. The van der Waals surface area contributed by atoms with Crippen LogP contribution >= 0.6 is 15.9 Å². The molecule has 3 unspecified atom stereocenters. The average Bonchev–Trinajstić information content (AvgIpc) is 2.62. The highest BCUT2D eigenvalue weighted by molar-refractivity contribution is 9.09. The number of rotatable bonds is 2. The molecular formula is C10H15BrO2. The molecule has 3 atom stereocenters. The Morgan fingerprint density at radius 3 is 2.85 bits per heavy atom. The van der Waals surface area contributed by atoms with Crippen molar-refractivity contribution in [3.63, 3.8) is 0 Å². The summed E-state index contributed by atoms with van der Waals surface area (Å²) in [5.74, 6) is 1.33. The van der Waals surface area contributed by atoms with Crippen molar-refractivity contribution in [2.24, 2.45) is 11.8 Å². The Morgan fingerprint density at radius 1 is 1.62 bits per heavy atom. The van der Waals surface area contributed by atoms with Crippen molar-refractivity contribution in [3.05, 3.63) is 0 Å². The van der Waals surface area contributed by atoms with E-state index in [1.165, 1.54) is 19.3 Å². The second-order valence-electron chi connectivity index (χ2n) is 4.50. The van der Waals surface area contributed by atoms with Crippen LogP contribution in [0.25, 0.3) is 0 Å². The van der Waals surface area contributed by atoms with E-state index in [0.717, 1.165) is 12.3 Å². The van der Waals surface area contributed by atoms with E-state index in [0.29, 0.717) is 11.2 Å². The monoisotopic (exact) mass is 246 g/mol. The van der Waals surface area contributed by atoms with Crippen LogP contribution in [0, 0.1) is 11.8 Å². The highest BCUT2D eigenvalue weighted by Crippen LogP contribution is 2.52. The van der Waals surface area contributed by atoms with Gasteiger partial charge >= 0.3 is 5.97 Å². The average molecular weight is 247 g/mol. The molecule has 2 nitrogen and oxygen atoms in total. The van der Waals surface area contributed by atoms with Gasteiger partial charge in [-0.1, -0.05) is 15.9 Å². The third-order valence-electron chi connectivity index (χ3n) is 3.55. The Bertz CT molecular complexity index is 229. The largest absolute Gasteiger partial charge is 0.458 e. The van der Waals surface area contributed by atoms with Gasteiger partial charge in [0.15, 0.2) is 0 Å². The zero-order chi connectivity index (χ0) is 9.47. The van der Waals surface area contributed by atoms with E-state index in [2.05, 4.69) is 22.9 Å². The molecule has 2 rings (SSSR count). The number of halogens is 1. The van der Waals surface area contributed by atoms with Crippen LogP contribution in [0.15, 0.2) is 0 Å². The van der Waals surface area contributed by atoms with Crippen LogP contribution in [0.1, 0.15) is 32.6 Å². The lowest BCUT2D eigenvalue weighted by atomic mass is 9.86. The molecule has 0 amide bonds. The lowest BCUT2D eigenvalue weighted by Gasteiger charge is -2.33. The molecule has 2 aliphatic rings. The molecular weight excluding hydrogens is 232 g/mol. The van der Waals surface area contributed by atoms with Gasteiger partial charge in [0.1, 0.15) is 10.9 Å². The number of esters is 1. The summed E-state index contributed by atoms with van der Waals surface area (Å²) >= 11 is 3.12. The predicted molar refractivity (Wildman–Crippen MR) is 53.7 cm³/mol. The highest BCUT2D eigenvalue weighted by Gasteiger charge is 2.50. The molecule has 0 spiro atoms. The number of fused-ring (bicyclic) bond motifs is 2. The zero-order valence-corrected chi connectivity index (χ0v) is 9.47. The number of ether oxygens (including phenoxy) is 1. The number of hydrogen-bond acceptors (Lipinski definition) is 2. The highest BCUT2D eigenvalue weighted by atomic mass is 79.9. The molecule has 0 aromatic carbocycles. The summed E-state index contributed by atoms with van der Waals surface area (Å²) in [5.41, 5.74) is -0.145. The van der Waals surface area contributed by atoms with Crippen LogP contribution in [-0.2, 0) is 9.53 Å². The third kappa shape index (κ3) is 1.63. The summed E-state index contributed by atoms with van der Waals surface area (Å²) in [7, 11) is 0. The molecule has 0 N–H and O–H groups in total. The summed E-state index contributed by atoms with van der Waals surface area (Å²) < 4.78 is 5.50. The Hall–Kier alpha value is -0.0500. The predicted octanol–water partition coefficient (Wildman–Crippen LogP) is 2.50. The molecule has 2 saturated carbocycles. The SMILES string of the molecule is CC1(OC(=O)CBr)CC2CCC1C2. The number of carbonyl (C=O) groups excluding carboxylic acids is 1. The van der Waals surface area contributed by atoms with Crippen LogP contribution < -0.4 is 0 Å². The van der Waals surface area contributed by atoms with E-state index < -0.39 is 0 Å². The van der Waals surface area contributed by atoms with E-state index >= 15 is 0 Å². The molecule has 0 saturated heterocycles. The third-order valence-corrected chi connectivity index (χ3v) is 4.01. The Balaban J connectivity index is 2.01. The van der Waals surface area contributed by atoms with E-state index in [4.69, 9.17) is 4.74 Å². The lowest BCUT2D eigenvalue weighted by molar-refractivity contribution is -0.159. The normalized spacial score (nSPS) is 42.3. The van der Waals surface area contributed by atoms with Gasteiger partial charge in [-0.05, 0) is 44.4 Å². The minimum absolute atomic E-state index is 0.116. The standard InChI is InChI=1S/C10H15BrO2/c1-10(13-9(12)6-11)5-7-2-3-8(10)4-7/h7-8H,2-6H2,1H3. The Kier molecular flexibility index (Phi) is 2.39. The quantitative estimate of drug-likeness (QED) is 0.553. The van der Waals surface area contributed by atoms with Crippen LogP contribution in [0.2, 0.25) is 0 Å². The molecule has 0 aliphatic heterocycles. The molecule has 13 heavy (non-hydrogen) atoms. The summed E-state index contributed by atoms with van der Waals surface area (Å²) in [5, 5.41) is 0.319. The minimum Gasteiger partial charge on any atom is -0.458 e. The summed E-state index contributed by atoms with van der Waals surface area (Å²) in [6.07, 6.45) is 4.94. The van der Waals surface area contributed by atoms with Crippen molar-refractivity contribution in [2.45, 2.75) is 38.2 Å². The van der Waals surface area contributed by atoms with Gasteiger partial charge in [0.05, 0.1) is 0 Å². The molecule has 0 aromatic rings. The van der Waals surface area contributed by atoms with Crippen molar-refractivity contribution in [1.29, 1.82) is 0 Å². The van der Waals surface area contributed by atoms with E-state index in [9.17, 15) is 4.79 Å². The van der Waals surface area contributed by atoms with Gasteiger partial charge in [-0.15, -0.1) is 0 Å². The Labute approximate surface area is 87.2 Å². The number of hydrogen-bond donors (Lipinski definition) is 0. The van der Waals surface area contributed by atoms with Crippen molar-refractivity contribution in [1.82, 2.24) is 0 Å². The first-order chi connectivity index (χ1) is 6.14. The van der Waals surface area contributed by atoms with E-state index in [1.54, 1.807) is 0 Å². The van der Waals surface area contributed by atoms with Crippen molar-refractivity contribution in [3.8, 4) is 0 Å². The van der Waals surface area contributed by atoms with Gasteiger partial charge in [0, 0.05) is 0 Å². The molecule has 3 heteroatoms.